The number of carbonyl (C=O) groups excluding carboxylic acids is 2. The SMILES string of the molecule is CCCCNC(=O)[C@@H](C)N(Cc1ccc(Cl)c(Cl)c1)C(=O)CN(c1ccc2c(c1)OCO2)S(=O)(=O)CC. The van der Waals surface area contributed by atoms with E-state index in [4.69, 9.17) is 32.7 Å². The fourth-order valence-corrected chi connectivity index (χ4v) is 5.09. The Labute approximate surface area is 227 Å². The van der Waals surface area contributed by atoms with Gasteiger partial charge in [-0.2, -0.15) is 0 Å². The number of unbranched alkanes of at least 4 members (excludes halogenated alkanes) is 1. The topological polar surface area (TPSA) is 105 Å². The highest BCUT2D eigenvalue weighted by Gasteiger charge is 2.31. The number of hydrogen-bond acceptors (Lipinski definition) is 6. The van der Waals surface area contributed by atoms with E-state index < -0.39 is 28.5 Å². The molecule has 0 saturated heterocycles. The lowest BCUT2D eigenvalue weighted by molar-refractivity contribution is -0.139. The summed E-state index contributed by atoms with van der Waals surface area (Å²) in [5, 5.41) is 3.50. The molecular formula is C25H31Cl2N3O6S. The van der Waals surface area contributed by atoms with Gasteiger partial charge in [0, 0.05) is 19.2 Å². The van der Waals surface area contributed by atoms with Crippen LogP contribution in [-0.2, 0) is 26.2 Å². The number of rotatable bonds is 12. The summed E-state index contributed by atoms with van der Waals surface area (Å²) < 4.78 is 37.8. The lowest BCUT2D eigenvalue weighted by Gasteiger charge is -2.32. The number of sulfonamides is 1. The third-order valence-electron chi connectivity index (χ3n) is 5.96. The van der Waals surface area contributed by atoms with E-state index in [-0.39, 0.29) is 30.7 Å². The van der Waals surface area contributed by atoms with Crippen LogP contribution in [-0.4, -0.2) is 56.8 Å². The Morgan fingerprint density at radius 3 is 2.46 bits per heavy atom. The molecule has 0 radical (unpaired) electrons. The van der Waals surface area contributed by atoms with Gasteiger partial charge in [0.15, 0.2) is 11.5 Å². The maximum atomic E-state index is 13.7. The molecule has 12 heteroatoms. The van der Waals surface area contributed by atoms with Crippen LogP contribution >= 0.6 is 23.2 Å². The van der Waals surface area contributed by atoms with Crippen LogP contribution in [0, 0.1) is 0 Å². The highest BCUT2D eigenvalue weighted by atomic mass is 35.5. The van der Waals surface area contributed by atoms with Crippen molar-refractivity contribution in [3.8, 4) is 11.5 Å². The van der Waals surface area contributed by atoms with Crippen molar-refractivity contribution in [3.63, 3.8) is 0 Å². The van der Waals surface area contributed by atoms with E-state index in [1.54, 1.807) is 37.3 Å². The van der Waals surface area contributed by atoms with Crippen LogP contribution in [0.5, 0.6) is 11.5 Å². The Kier molecular flexibility index (Phi) is 9.92. The second kappa shape index (κ2) is 12.7. The fourth-order valence-electron chi connectivity index (χ4n) is 3.71. The Morgan fingerprint density at radius 2 is 1.78 bits per heavy atom. The zero-order valence-corrected chi connectivity index (χ0v) is 23.3. The van der Waals surface area contributed by atoms with E-state index in [0.717, 1.165) is 17.1 Å². The average Bonchev–Trinajstić information content (AvgIpc) is 3.35. The molecule has 9 nitrogen and oxygen atoms in total. The maximum absolute atomic E-state index is 13.7. The van der Waals surface area contributed by atoms with Gasteiger partial charge in [-0.25, -0.2) is 8.42 Å². The Balaban J connectivity index is 1.92. The van der Waals surface area contributed by atoms with Gasteiger partial charge in [-0.1, -0.05) is 42.6 Å². The first-order valence-electron chi connectivity index (χ1n) is 12.0. The number of benzene rings is 2. The van der Waals surface area contributed by atoms with E-state index in [2.05, 4.69) is 5.32 Å². The summed E-state index contributed by atoms with van der Waals surface area (Å²) in [7, 11) is -3.86. The molecule has 0 bridgehead atoms. The number of amides is 2. The largest absolute Gasteiger partial charge is 0.454 e. The van der Waals surface area contributed by atoms with E-state index in [1.165, 1.54) is 17.9 Å². The summed E-state index contributed by atoms with van der Waals surface area (Å²) in [6.07, 6.45) is 1.70. The zero-order valence-electron chi connectivity index (χ0n) is 21.0. The lowest BCUT2D eigenvalue weighted by Crippen LogP contribution is -2.51. The van der Waals surface area contributed by atoms with Crippen molar-refractivity contribution in [2.75, 3.05) is 29.9 Å². The molecule has 202 valence electrons. The van der Waals surface area contributed by atoms with Gasteiger partial charge >= 0.3 is 0 Å². The minimum Gasteiger partial charge on any atom is -0.454 e. The molecule has 0 unspecified atom stereocenters. The number of anilines is 1. The van der Waals surface area contributed by atoms with E-state index in [9.17, 15) is 18.0 Å². The fraction of sp³-hybridized carbons (Fsp3) is 0.440. The van der Waals surface area contributed by atoms with Gasteiger partial charge in [-0.05, 0) is 50.1 Å². The highest BCUT2D eigenvalue weighted by Crippen LogP contribution is 2.36. The summed E-state index contributed by atoms with van der Waals surface area (Å²) in [5.41, 5.74) is 0.901. The second-order valence-electron chi connectivity index (χ2n) is 8.54. The van der Waals surface area contributed by atoms with Crippen molar-refractivity contribution in [2.24, 2.45) is 0 Å². The van der Waals surface area contributed by atoms with Crippen LogP contribution in [0.1, 0.15) is 39.2 Å². The minimum absolute atomic E-state index is 0.0270. The molecule has 2 amide bonds. The van der Waals surface area contributed by atoms with Gasteiger partial charge in [0.1, 0.15) is 12.6 Å². The van der Waals surface area contributed by atoms with E-state index in [1.807, 2.05) is 6.92 Å². The Morgan fingerprint density at radius 1 is 1.05 bits per heavy atom. The lowest BCUT2D eigenvalue weighted by atomic mass is 10.1. The van der Waals surface area contributed by atoms with Crippen molar-refractivity contribution in [2.45, 2.75) is 46.2 Å². The molecule has 1 aliphatic heterocycles. The molecule has 0 aromatic heterocycles. The Hall–Kier alpha value is -2.69. The summed E-state index contributed by atoms with van der Waals surface area (Å²) in [6.45, 7) is 5.13. The van der Waals surface area contributed by atoms with Crippen molar-refractivity contribution in [1.29, 1.82) is 0 Å². The van der Waals surface area contributed by atoms with Gasteiger partial charge in [0.05, 0.1) is 21.5 Å². The maximum Gasteiger partial charge on any atom is 0.244 e. The molecule has 2 aromatic rings. The minimum atomic E-state index is -3.86. The van der Waals surface area contributed by atoms with Crippen molar-refractivity contribution < 1.29 is 27.5 Å². The first-order chi connectivity index (χ1) is 17.6. The number of nitrogens with one attached hydrogen (secondary N) is 1. The second-order valence-corrected chi connectivity index (χ2v) is 11.5. The zero-order chi connectivity index (χ0) is 27.2. The van der Waals surface area contributed by atoms with Gasteiger partial charge in [-0.15, -0.1) is 0 Å². The molecular weight excluding hydrogens is 541 g/mol. The molecule has 3 rings (SSSR count). The number of hydrogen-bond donors (Lipinski definition) is 1. The molecule has 1 N–H and O–H groups in total. The Bertz CT molecular complexity index is 1240. The summed E-state index contributed by atoms with van der Waals surface area (Å²) in [4.78, 5) is 27.9. The van der Waals surface area contributed by atoms with E-state index in [0.29, 0.717) is 33.7 Å². The van der Waals surface area contributed by atoms with Crippen molar-refractivity contribution in [1.82, 2.24) is 10.2 Å². The van der Waals surface area contributed by atoms with Gasteiger partial charge in [0.2, 0.25) is 28.6 Å². The smallest absolute Gasteiger partial charge is 0.244 e. The quantitative estimate of drug-likeness (QED) is 0.382. The van der Waals surface area contributed by atoms with Gasteiger partial charge < -0.3 is 19.7 Å². The number of halogens is 2. The molecule has 2 aromatic carbocycles. The summed E-state index contributed by atoms with van der Waals surface area (Å²) >= 11 is 12.2. The van der Waals surface area contributed by atoms with Crippen LogP contribution in [0.4, 0.5) is 5.69 Å². The summed E-state index contributed by atoms with van der Waals surface area (Å²) in [5.74, 6) is -0.247. The molecule has 0 fully saturated rings. The molecule has 0 saturated carbocycles. The number of nitrogens with zero attached hydrogens (tertiary/aromatic N) is 2. The van der Waals surface area contributed by atoms with Crippen LogP contribution in [0.3, 0.4) is 0 Å². The van der Waals surface area contributed by atoms with Crippen LogP contribution in [0.2, 0.25) is 10.0 Å². The summed E-state index contributed by atoms with van der Waals surface area (Å²) in [6, 6.07) is 8.72. The van der Waals surface area contributed by atoms with Crippen LogP contribution in [0.25, 0.3) is 0 Å². The molecule has 0 spiro atoms. The number of ether oxygens (including phenoxy) is 2. The molecule has 0 aliphatic carbocycles. The number of carbonyl (C=O) groups is 2. The highest BCUT2D eigenvalue weighted by molar-refractivity contribution is 7.92. The molecule has 1 atom stereocenters. The predicted octanol–water partition coefficient (Wildman–Crippen LogP) is 4.21. The first kappa shape index (κ1) is 28.9. The number of fused-ring (bicyclic) bond motifs is 1. The first-order valence-corrected chi connectivity index (χ1v) is 14.3. The monoisotopic (exact) mass is 571 g/mol. The van der Waals surface area contributed by atoms with Crippen molar-refractivity contribution in [3.05, 3.63) is 52.0 Å². The van der Waals surface area contributed by atoms with E-state index >= 15 is 0 Å². The van der Waals surface area contributed by atoms with Gasteiger partial charge in [-0.3, -0.25) is 13.9 Å². The average molecular weight is 573 g/mol. The van der Waals surface area contributed by atoms with Gasteiger partial charge in [0.25, 0.3) is 0 Å². The molecule has 37 heavy (non-hydrogen) atoms. The molecule has 1 aliphatic rings. The predicted molar refractivity (Wildman–Crippen MR) is 144 cm³/mol. The molecule has 1 heterocycles. The standard InChI is InChI=1S/C25H31Cl2N3O6S/c1-4-6-11-28-25(32)17(3)29(14-18-7-9-20(26)21(27)12-18)24(31)15-30(37(33,34)5-2)19-8-10-22-23(13-19)36-16-35-22/h7-10,12-13,17H,4-6,11,14-16H2,1-3H3,(H,28,32)/t17-/m1/s1. The third kappa shape index (κ3) is 7.21. The third-order valence-corrected chi connectivity index (χ3v) is 8.44. The normalized spacial score (nSPS) is 13.2. The van der Waals surface area contributed by atoms with Crippen LogP contribution in [0.15, 0.2) is 36.4 Å². The van der Waals surface area contributed by atoms with Crippen LogP contribution < -0.4 is 19.1 Å². The van der Waals surface area contributed by atoms with Crippen molar-refractivity contribution >= 4 is 50.7 Å².